The van der Waals surface area contributed by atoms with Crippen molar-refractivity contribution in [3.05, 3.63) is 77.9 Å². The largest absolute Gasteiger partial charge is 0.497 e. The summed E-state index contributed by atoms with van der Waals surface area (Å²) in [7, 11) is 1.65. The van der Waals surface area contributed by atoms with Crippen LogP contribution in [0.3, 0.4) is 0 Å². The zero-order valence-electron chi connectivity index (χ0n) is 16.2. The van der Waals surface area contributed by atoms with Crippen molar-refractivity contribution in [3.63, 3.8) is 0 Å². The van der Waals surface area contributed by atoms with Gasteiger partial charge in [0.15, 0.2) is 0 Å². The normalized spacial score (nSPS) is 21.6. The van der Waals surface area contributed by atoms with Gasteiger partial charge in [0.25, 0.3) is 0 Å². The smallest absolute Gasteiger partial charge is 0.311 e. The van der Waals surface area contributed by atoms with Gasteiger partial charge in [-0.05, 0) is 41.0 Å². The molecule has 144 valence electrons. The fourth-order valence-corrected chi connectivity index (χ4v) is 4.29. The van der Waals surface area contributed by atoms with E-state index in [1.54, 1.807) is 7.11 Å². The molecular weight excluding hydrogens is 350 g/mol. The number of nitrogens with one attached hydrogen (secondary N) is 1. The van der Waals surface area contributed by atoms with Gasteiger partial charge in [-0.1, -0.05) is 54.6 Å². The minimum Gasteiger partial charge on any atom is -0.497 e. The Morgan fingerprint density at radius 1 is 1.04 bits per heavy atom. The number of benzene rings is 3. The van der Waals surface area contributed by atoms with Crippen molar-refractivity contribution in [2.24, 2.45) is 5.92 Å². The van der Waals surface area contributed by atoms with Crippen LogP contribution in [0.4, 0.5) is 0 Å². The maximum Gasteiger partial charge on any atom is 0.311 e. The predicted molar refractivity (Wildman–Crippen MR) is 111 cm³/mol. The lowest BCUT2D eigenvalue weighted by molar-refractivity contribution is -0.148. The average Bonchev–Trinajstić information content (AvgIpc) is 3.18. The van der Waals surface area contributed by atoms with E-state index in [1.807, 2.05) is 37.3 Å². The first kappa shape index (κ1) is 18.5. The number of esters is 1. The van der Waals surface area contributed by atoms with Gasteiger partial charge in [0.2, 0.25) is 0 Å². The maximum absolute atomic E-state index is 13.0. The molecule has 1 saturated heterocycles. The monoisotopic (exact) mass is 375 g/mol. The third kappa shape index (κ3) is 3.36. The van der Waals surface area contributed by atoms with Crippen molar-refractivity contribution in [1.82, 2.24) is 5.32 Å². The van der Waals surface area contributed by atoms with Crippen molar-refractivity contribution in [3.8, 4) is 5.75 Å². The van der Waals surface area contributed by atoms with Crippen molar-refractivity contribution in [2.45, 2.75) is 18.9 Å². The Bertz CT molecular complexity index is 962. The predicted octanol–water partition coefficient (Wildman–Crippen LogP) is 4.46. The Labute approximate surface area is 165 Å². The van der Waals surface area contributed by atoms with Crippen LogP contribution in [-0.2, 0) is 9.53 Å². The number of hydrogen-bond acceptors (Lipinski definition) is 4. The molecule has 4 nitrogen and oxygen atoms in total. The Balaban J connectivity index is 1.75. The second-order valence-electron chi connectivity index (χ2n) is 7.11. The van der Waals surface area contributed by atoms with Gasteiger partial charge in [0.05, 0.1) is 19.6 Å². The molecule has 1 aliphatic rings. The van der Waals surface area contributed by atoms with Gasteiger partial charge in [-0.25, -0.2) is 0 Å². The molecule has 0 bridgehead atoms. The van der Waals surface area contributed by atoms with Crippen LogP contribution in [0.25, 0.3) is 10.8 Å². The van der Waals surface area contributed by atoms with Crippen LogP contribution in [0.1, 0.15) is 30.0 Å². The highest BCUT2D eigenvalue weighted by atomic mass is 16.5. The van der Waals surface area contributed by atoms with Gasteiger partial charge < -0.3 is 14.8 Å². The van der Waals surface area contributed by atoms with E-state index in [1.165, 1.54) is 16.3 Å². The second kappa shape index (κ2) is 8.03. The standard InChI is InChI=1S/C24H25NO3/c1-3-28-24(26)22-21(20-10-6-8-16-7-4-5-9-19(16)20)15-25-23(22)17-11-13-18(27-2)14-12-17/h4-14,21-23,25H,3,15H2,1-2H3/t21-,22+,23+/m1/s1. The first-order chi connectivity index (χ1) is 13.7. The fourth-order valence-electron chi connectivity index (χ4n) is 4.29. The lowest BCUT2D eigenvalue weighted by atomic mass is 9.81. The van der Waals surface area contributed by atoms with Gasteiger partial charge in [0, 0.05) is 18.5 Å². The molecule has 1 aliphatic heterocycles. The molecule has 0 radical (unpaired) electrons. The van der Waals surface area contributed by atoms with Crippen molar-refractivity contribution < 1.29 is 14.3 Å². The number of ether oxygens (including phenoxy) is 2. The summed E-state index contributed by atoms with van der Waals surface area (Å²) < 4.78 is 10.8. The highest BCUT2D eigenvalue weighted by molar-refractivity contribution is 5.87. The van der Waals surface area contributed by atoms with Crippen LogP contribution >= 0.6 is 0 Å². The summed E-state index contributed by atoms with van der Waals surface area (Å²) in [4.78, 5) is 13.0. The van der Waals surface area contributed by atoms with E-state index in [4.69, 9.17) is 9.47 Å². The molecule has 4 rings (SSSR count). The van der Waals surface area contributed by atoms with Crippen LogP contribution < -0.4 is 10.1 Å². The quantitative estimate of drug-likeness (QED) is 0.669. The number of carbonyl (C=O) groups excluding carboxylic acids is 1. The zero-order valence-corrected chi connectivity index (χ0v) is 16.2. The molecule has 0 aliphatic carbocycles. The van der Waals surface area contributed by atoms with Crippen LogP contribution in [0.2, 0.25) is 0 Å². The molecule has 1 fully saturated rings. The van der Waals surface area contributed by atoms with E-state index in [2.05, 4.69) is 41.7 Å². The van der Waals surface area contributed by atoms with Crippen molar-refractivity contribution in [2.75, 3.05) is 20.3 Å². The number of carbonyl (C=O) groups is 1. The molecule has 0 aromatic heterocycles. The average molecular weight is 375 g/mol. The summed E-state index contributed by atoms with van der Waals surface area (Å²) in [6.07, 6.45) is 0. The van der Waals surface area contributed by atoms with E-state index in [-0.39, 0.29) is 23.8 Å². The van der Waals surface area contributed by atoms with Gasteiger partial charge in [-0.15, -0.1) is 0 Å². The van der Waals surface area contributed by atoms with Crippen LogP contribution in [0, 0.1) is 5.92 Å². The molecule has 0 spiro atoms. The molecule has 1 N–H and O–H groups in total. The van der Waals surface area contributed by atoms with E-state index in [9.17, 15) is 4.79 Å². The lowest BCUT2D eigenvalue weighted by Crippen LogP contribution is -2.27. The molecular formula is C24H25NO3. The SMILES string of the molecule is CCOC(=O)[C@H]1[C@@H](c2cccc3ccccc23)CN[C@H]1c1ccc(OC)cc1. The van der Waals surface area contributed by atoms with Gasteiger partial charge in [0.1, 0.15) is 5.75 Å². The fraction of sp³-hybridized carbons (Fsp3) is 0.292. The summed E-state index contributed by atoms with van der Waals surface area (Å²) in [5, 5.41) is 5.96. The van der Waals surface area contributed by atoms with Gasteiger partial charge in [-0.2, -0.15) is 0 Å². The Morgan fingerprint density at radius 2 is 1.79 bits per heavy atom. The van der Waals surface area contributed by atoms with Crippen molar-refractivity contribution >= 4 is 16.7 Å². The Kier molecular flexibility index (Phi) is 5.31. The van der Waals surface area contributed by atoms with Gasteiger partial charge >= 0.3 is 5.97 Å². The minimum atomic E-state index is -0.279. The second-order valence-corrected chi connectivity index (χ2v) is 7.11. The van der Waals surface area contributed by atoms with E-state index in [0.717, 1.165) is 17.9 Å². The van der Waals surface area contributed by atoms with E-state index in [0.29, 0.717) is 6.61 Å². The Hall–Kier alpha value is -2.85. The summed E-state index contributed by atoms with van der Waals surface area (Å²) >= 11 is 0. The third-order valence-electron chi connectivity index (χ3n) is 5.61. The first-order valence-corrected chi connectivity index (χ1v) is 9.74. The molecule has 3 aromatic rings. The van der Waals surface area contributed by atoms with E-state index >= 15 is 0 Å². The maximum atomic E-state index is 13.0. The highest BCUT2D eigenvalue weighted by Crippen LogP contribution is 2.42. The van der Waals surface area contributed by atoms with Gasteiger partial charge in [-0.3, -0.25) is 4.79 Å². The van der Waals surface area contributed by atoms with Crippen LogP contribution in [0.5, 0.6) is 5.75 Å². The molecule has 28 heavy (non-hydrogen) atoms. The summed E-state index contributed by atoms with van der Waals surface area (Å²) in [6, 6.07) is 22.5. The Morgan fingerprint density at radius 3 is 2.54 bits per heavy atom. The molecule has 0 saturated carbocycles. The molecule has 3 atom stereocenters. The topological polar surface area (TPSA) is 47.6 Å². The molecule has 0 amide bonds. The summed E-state index contributed by atoms with van der Waals surface area (Å²) in [5.74, 6) is 0.433. The number of rotatable bonds is 5. The molecule has 4 heteroatoms. The molecule has 0 unspecified atom stereocenters. The minimum absolute atomic E-state index is 0.0530. The van der Waals surface area contributed by atoms with Crippen LogP contribution in [-0.4, -0.2) is 26.2 Å². The zero-order chi connectivity index (χ0) is 19.5. The number of fused-ring (bicyclic) bond motifs is 1. The number of hydrogen-bond donors (Lipinski definition) is 1. The third-order valence-corrected chi connectivity index (χ3v) is 5.61. The number of methoxy groups -OCH3 is 1. The molecule has 1 heterocycles. The van der Waals surface area contributed by atoms with E-state index < -0.39 is 0 Å². The highest BCUT2D eigenvalue weighted by Gasteiger charge is 2.43. The van der Waals surface area contributed by atoms with Crippen LogP contribution in [0.15, 0.2) is 66.7 Å². The van der Waals surface area contributed by atoms with Crippen molar-refractivity contribution in [1.29, 1.82) is 0 Å². The summed E-state index contributed by atoms with van der Waals surface area (Å²) in [5.41, 5.74) is 2.27. The first-order valence-electron chi connectivity index (χ1n) is 9.74. The molecule has 3 aromatic carbocycles. The lowest BCUT2D eigenvalue weighted by Gasteiger charge is -2.24. The summed E-state index contributed by atoms with van der Waals surface area (Å²) in [6.45, 7) is 2.97.